The van der Waals surface area contributed by atoms with Crippen molar-refractivity contribution in [2.45, 2.75) is 52.3 Å². The van der Waals surface area contributed by atoms with Crippen LogP contribution in [0.4, 0.5) is 13.2 Å². The molecule has 0 bridgehead atoms. The van der Waals surface area contributed by atoms with Gasteiger partial charge in [-0.3, -0.25) is 19.4 Å². The number of aromatic nitrogens is 1. The molecule has 1 aromatic carbocycles. The fourth-order valence-corrected chi connectivity index (χ4v) is 4.44. The van der Waals surface area contributed by atoms with Crippen LogP contribution in [-0.4, -0.2) is 22.5 Å². The third kappa shape index (κ3) is 5.01. The minimum atomic E-state index is -4.57. The number of aryl methyl sites for hydroxylation is 3. The van der Waals surface area contributed by atoms with E-state index in [-0.39, 0.29) is 41.7 Å². The van der Waals surface area contributed by atoms with Gasteiger partial charge < -0.3 is 5.32 Å². The highest BCUT2D eigenvalue weighted by atomic mass is 35.5. The number of carbonyl (C=O) groups is 3. The van der Waals surface area contributed by atoms with Crippen molar-refractivity contribution in [1.82, 2.24) is 10.3 Å². The molecule has 1 N–H and O–H groups in total. The van der Waals surface area contributed by atoms with E-state index in [4.69, 9.17) is 11.6 Å². The standard InChI is InChI=1S/C23H22ClF3N2O3/c1-11-4-12(2)20(13(3)5-11)21-18(30)6-14(22(21)32)7-19(31)29-10-17-16(24)8-15(9-28-17)23(25,26)27/h4-5,8-9,14,21H,6-7,10H2,1-3H3,(H,29,31). The predicted octanol–water partition coefficient (Wildman–Crippen LogP) is 4.63. The maximum Gasteiger partial charge on any atom is 0.417 e. The van der Waals surface area contributed by atoms with Gasteiger partial charge >= 0.3 is 6.18 Å². The molecule has 170 valence electrons. The Kier molecular flexibility index (Phi) is 6.74. The number of hydrogen-bond acceptors (Lipinski definition) is 4. The zero-order valence-corrected chi connectivity index (χ0v) is 18.5. The molecule has 1 saturated carbocycles. The third-order valence-corrected chi connectivity index (χ3v) is 5.94. The SMILES string of the molecule is Cc1cc(C)c(C2C(=O)CC(CC(=O)NCc3ncc(C(F)(F)F)cc3Cl)C2=O)c(C)c1. The Balaban J connectivity index is 1.65. The molecule has 0 radical (unpaired) electrons. The molecule has 5 nitrogen and oxygen atoms in total. The number of nitrogens with zero attached hydrogens (tertiary/aromatic N) is 1. The number of Topliss-reactive ketones (excluding diaryl/α,β-unsaturated/α-hetero) is 2. The molecule has 0 aliphatic heterocycles. The molecule has 3 rings (SSSR count). The van der Waals surface area contributed by atoms with Crippen molar-refractivity contribution in [3.05, 3.63) is 62.9 Å². The molecule has 1 heterocycles. The number of carbonyl (C=O) groups excluding carboxylic acids is 3. The maximum atomic E-state index is 13.0. The Labute approximate surface area is 188 Å². The van der Waals surface area contributed by atoms with E-state index in [1.54, 1.807) is 0 Å². The number of pyridine rings is 1. The first-order valence-corrected chi connectivity index (χ1v) is 10.4. The Morgan fingerprint density at radius 3 is 2.34 bits per heavy atom. The summed E-state index contributed by atoms with van der Waals surface area (Å²) in [5, 5.41) is 2.29. The van der Waals surface area contributed by atoms with Gasteiger partial charge in [-0.1, -0.05) is 29.3 Å². The van der Waals surface area contributed by atoms with E-state index in [0.717, 1.165) is 22.8 Å². The molecule has 2 unspecified atom stereocenters. The molecule has 2 atom stereocenters. The highest BCUT2D eigenvalue weighted by Crippen LogP contribution is 2.37. The van der Waals surface area contributed by atoms with Crippen LogP contribution in [0.1, 0.15) is 52.3 Å². The van der Waals surface area contributed by atoms with E-state index < -0.39 is 29.5 Å². The van der Waals surface area contributed by atoms with E-state index in [1.807, 2.05) is 32.9 Å². The van der Waals surface area contributed by atoms with Crippen molar-refractivity contribution in [3.8, 4) is 0 Å². The van der Waals surface area contributed by atoms with Crippen molar-refractivity contribution in [3.63, 3.8) is 0 Å². The second-order valence-electron chi connectivity index (χ2n) is 8.15. The average molecular weight is 467 g/mol. The summed E-state index contributed by atoms with van der Waals surface area (Å²) in [6.45, 7) is 5.46. The molecule has 1 aliphatic carbocycles. The highest BCUT2D eigenvalue weighted by molar-refractivity contribution is 6.31. The summed E-state index contributed by atoms with van der Waals surface area (Å²) in [4.78, 5) is 41.6. The van der Waals surface area contributed by atoms with Crippen LogP contribution in [0, 0.1) is 26.7 Å². The minimum absolute atomic E-state index is 0.0248. The van der Waals surface area contributed by atoms with Crippen LogP contribution >= 0.6 is 11.6 Å². The largest absolute Gasteiger partial charge is 0.417 e. The summed E-state index contributed by atoms with van der Waals surface area (Å²) in [6, 6.07) is 4.58. The average Bonchev–Trinajstić information content (AvgIpc) is 2.93. The fraction of sp³-hybridized carbons (Fsp3) is 0.391. The molecular formula is C23H22ClF3N2O3. The van der Waals surface area contributed by atoms with Gasteiger partial charge in [0.15, 0.2) is 5.78 Å². The van der Waals surface area contributed by atoms with Gasteiger partial charge in [-0.25, -0.2) is 0 Å². The van der Waals surface area contributed by atoms with E-state index in [1.165, 1.54) is 0 Å². The van der Waals surface area contributed by atoms with Crippen LogP contribution in [0.5, 0.6) is 0 Å². The van der Waals surface area contributed by atoms with E-state index in [2.05, 4.69) is 10.3 Å². The van der Waals surface area contributed by atoms with Crippen LogP contribution in [0.15, 0.2) is 24.4 Å². The number of amides is 1. The number of benzene rings is 1. The maximum absolute atomic E-state index is 13.0. The first-order valence-electron chi connectivity index (χ1n) is 10.0. The lowest BCUT2D eigenvalue weighted by atomic mass is 9.86. The number of hydrogen-bond donors (Lipinski definition) is 1. The van der Waals surface area contributed by atoms with Crippen LogP contribution in [0.3, 0.4) is 0 Å². The van der Waals surface area contributed by atoms with Gasteiger partial charge in [0.25, 0.3) is 0 Å². The molecule has 32 heavy (non-hydrogen) atoms. The summed E-state index contributed by atoms with van der Waals surface area (Å²) in [6.07, 6.45) is -4.14. The van der Waals surface area contributed by atoms with Gasteiger partial charge in [0.05, 0.1) is 22.8 Å². The van der Waals surface area contributed by atoms with Crippen molar-refractivity contribution in [2.24, 2.45) is 5.92 Å². The van der Waals surface area contributed by atoms with Crippen LogP contribution in [-0.2, 0) is 27.1 Å². The molecule has 0 spiro atoms. The summed E-state index contributed by atoms with van der Waals surface area (Å²) in [5.41, 5.74) is 2.55. The van der Waals surface area contributed by atoms with E-state index in [0.29, 0.717) is 11.8 Å². The Hall–Kier alpha value is -2.74. The normalized spacial score (nSPS) is 18.8. The predicted molar refractivity (Wildman–Crippen MR) is 112 cm³/mol. The van der Waals surface area contributed by atoms with Gasteiger partial charge in [0.2, 0.25) is 5.91 Å². The topological polar surface area (TPSA) is 76.1 Å². The lowest BCUT2D eigenvalue weighted by Crippen LogP contribution is -2.27. The summed E-state index contributed by atoms with van der Waals surface area (Å²) in [7, 11) is 0. The third-order valence-electron chi connectivity index (χ3n) is 5.61. The molecule has 2 aromatic rings. The number of ketones is 2. The zero-order valence-electron chi connectivity index (χ0n) is 17.8. The molecule has 1 amide bonds. The van der Waals surface area contributed by atoms with Gasteiger partial charge in [-0.2, -0.15) is 13.2 Å². The Bertz CT molecular complexity index is 1080. The quantitative estimate of drug-likeness (QED) is 0.652. The first kappa shape index (κ1) is 23.9. The number of rotatable bonds is 5. The number of nitrogens with one attached hydrogen (secondary N) is 1. The van der Waals surface area contributed by atoms with Crippen molar-refractivity contribution < 1.29 is 27.6 Å². The lowest BCUT2D eigenvalue weighted by Gasteiger charge is -2.16. The zero-order chi connectivity index (χ0) is 23.8. The highest BCUT2D eigenvalue weighted by Gasteiger charge is 2.43. The molecule has 9 heteroatoms. The summed E-state index contributed by atoms with van der Waals surface area (Å²) >= 11 is 5.85. The molecule has 1 fully saturated rings. The van der Waals surface area contributed by atoms with Gasteiger partial charge in [0.1, 0.15) is 11.7 Å². The van der Waals surface area contributed by atoms with Crippen molar-refractivity contribution in [1.29, 1.82) is 0 Å². The van der Waals surface area contributed by atoms with Crippen LogP contribution in [0.25, 0.3) is 0 Å². The van der Waals surface area contributed by atoms with Gasteiger partial charge in [-0.15, -0.1) is 0 Å². The van der Waals surface area contributed by atoms with Crippen molar-refractivity contribution >= 4 is 29.1 Å². The van der Waals surface area contributed by atoms with E-state index in [9.17, 15) is 27.6 Å². The lowest BCUT2D eigenvalue weighted by molar-refractivity contribution is -0.138. The monoisotopic (exact) mass is 466 g/mol. The number of alkyl halides is 3. The van der Waals surface area contributed by atoms with Crippen LogP contribution in [0.2, 0.25) is 5.02 Å². The number of halogens is 4. The van der Waals surface area contributed by atoms with Crippen molar-refractivity contribution in [2.75, 3.05) is 0 Å². The molecule has 1 aromatic heterocycles. The summed E-state index contributed by atoms with van der Waals surface area (Å²) < 4.78 is 38.1. The molecule has 1 aliphatic rings. The van der Waals surface area contributed by atoms with E-state index >= 15 is 0 Å². The smallest absolute Gasteiger partial charge is 0.350 e. The Morgan fingerprint density at radius 2 is 1.78 bits per heavy atom. The minimum Gasteiger partial charge on any atom is -0.350 e. The fourth-order valence-electron chi connectivity index (χ4n) is 4.21. The van der Waals surface area contributed by atoms with Gasteiger partial charge in [-0.05, 0) is 43.5 Å². The van der Waals surface area contributed by atoms with Gasteiger partial charge in [0, 0.05) is 25.0 Å². The van der Waals surface area contributed by atoms with Crippen LogP contribution < -0.4 is 5.32 Å². The molecular weight excluding hydrogens is 445 g/mol. The Morgan fingerprint density at radius 1 is 1.16 bits per heavy atom. The second kappa shape index (κ2) is 9.02. The molecule has 0 saturated heterocycles. The summed E-state index contributed by atoms with van der Waals surface area (Å²) in [5.74, 6) is -2.63. The first-order chi connectivity index (χ1) is 14.9. The second-order valence-corrected chi connectivity index (χ2v) is 8.55.